The van der Waals surface area contributed by atoms with E-state index in [-0.39, 0.29) is 5.41 Å². The van der Waals surface area contributed by atoms with E-state index in [0.29, 0.717) is 6.42 Å². The molecule has 0 aliphatic carbocycles. The quantitative estimate of drug-likeness (QED) is 0.740. The van der Waals surface area contributed by atoms with Crippen LogP contribution in [0.1, 0.15) is 39.2 Å². The highest BCUT2D eigenvalue weighted by atomic mass is 79.9. The Morgan fingerprint density at radius 1 is 1.50 bits per heavy atom. The number of nitrogens with zero attached hydrogens (tertiary/aromatic N) is 2. The summed E-state index contributed by atoms with van der Waals surface area (Å²) in [6.45, 7) is 7.20. The Morgan fingerprint density at radius 2 is 2.17 bits per heavy atom. The van der Waals surface area contributed by atoms with Gasteiger partial charge in [0, 0.05) is 28.5 Å². The standard InChI is InChI=1S/C12H14BrN2P.C2H6/c1-12(5-2-6-14)8-15(16)11-7-9(13)3-4-10(11)12;1-2/h3-4,7H,2,5,8,16H2,1H3;1-2H3. The minimum Gasteiger partial charge on any atom is -0.355 e. The lowest BCUT2D eigenvalue weighted by molar-refractivity contribution is 0.478. The Balaban J connectivity index is 0.000000771. The van der Waals surface area contributed by atoms with Gasteiger partial charge in [-0.25, -0.2) is 0 Å². The third kappa shape index (κ3) is 3.05. The Kier molecular flexibility index (Phi) is 5.63. The zero-order valence-corrected chi connectivity index (χ0v) is 13.9. The molecule has 2 atom stereocenters. The normalized spacial score (nSPS) is 20.8. The number of fused-ring (bicyclic) bond motifs is 1. The summed E-state index contributed by atoms with van der Waals surface area (Å²) in [6, 6.07) is 8.63. The molecule has 0 radical (unpaired) electrons. The van der Waals surface area contributed by atoms with E-state index in [1.165, 1.54) is 11.3 Å². The largest absolute Gasteiger partial charge is 0.355 e. The van der Waals surface area contributed by atoms with Crippen LogP contribution in [0.5, 0.6) is 0 Å². The predicted octanol–water partition coefficient (Wildman–Crippen LogP) is 4.65. The monoisotopic (exact) mass is 326 g/mol. The van der Waals surface area contributed by atoms with Crippen molar-refractivity contribution in [2.24, 2.45) is 0 Å². The molecule has 1 aliphatic rings. The summed E-state index contributed by atoms with van der Waals surface area (Å²) in [6.07, 6.45) is 1.54. The molecule has 18 heavy (non-hydrogen) atoms. The van der Waals surface area contributed by atoms with Crippen molar-refractivity contribution in [3.05, 3.63) is 28.2 Å². The van der Waals surface area contributed by atoms with Crippen LogP contribution in [-0.2, 0) is 5.41 Å². The Hall–Kier alpha value is -0.580. The maximum Gasteiger partial charge on any atom is 0.0622 e. The first-order valence-electron chi connectivity index (χ1n) is 6.26. The molecule has 1 aliphatic heterocycles. The molecule has 2 rings (SSSR count). The highest BCUT2D eigenvalue weighted by molar-refractivity contribution is 9.10. The number of hydrogen-bond acceptors (Lipinski definition) is 2. The van der Waals surface area contributed by atoms with Crippen LogP contribution >= 0.6 is 25.3 Å². The zero-order valence-electron chi connectivity index (χ0n) is 11.2. The zero-order chi connectivity index (χ0) is 13.8. The first-order chi connectivity index (χ1) is 8.57. The van der Waals surface area contributed by atoms with Gasteiger partial charge in [-0.05, 0) is 33.5 Å². The van der Waals surface area contributed by atoms with Gasteiger partial charge in [-0.3, -0.25) is 0 Å². The average Bonchev–Trinajstić information content (AvgIpc) is 2.62. The van der Waals surface area contributed by atoms with E-state index in [4.69, 9.17) is 5.26 Å². The van der Waals surface area contributed by atoms with E-state index < -0.39 is 0 Å². The van der Waals surface area contributed by atoms with Gasteiger partial charge in [0.2, 0.25) is 0 Å². The number of nitriles is 1. The van der Waals surface area contributed by atoms with Crippen LogP contribution < -0.4 is 4.67 Å². The molecule has 0 spiro atoms. The van der Waals surface area contributed by atoms with Gasteiger partial charge in [-0.1, -0.05) is 42.8 Å². The van der Waals surface area contributed by atoms with Crippen molar-refractivity contribution >= 4 is 31.0 Å². The molecule has 4 heteroatoms. The van der Waals surface area contributed by atoms with Crippen molar-refractivity contribution in [3.8, 4) is 6.07 Å². The lowest BCUT2D eigenvalue weighted by atomic mass is 9.80. The topological polar surface area (TPSA) is 27.0 Å². The Labute approximate surface area is 121 Å². The summed E-state index contributed by atoms with van der Waals surface area (Å²) in [5.41, 5.74) is 2.70. The van der Waals surface area contributed by atoms with Gasteiger partial charge in [0.25, 0.3) is 0 Å². The summed E-state index contributed by atoms with van der Waals surface area (Å²) in [4.78, 5) is 0. The molecule has 0 N–H and O–H groups in total. The van der Waals surface area contributed by atoms with Crippen LogP contribution in [0.4, 0.5) is 5.69 Å². The molecule has 0 bridgehead atoms. The average molecular weight is 327 g/mol. The maximum absolute atomic E-state index is 8.72. The molecule has 0 aromatic heterocycles. The van der Waals surface area contributed by atoms with Gasteiger partial charge in [0.1, 0.15) is 0 Å². The molecule has 1 heterocycles. The minimum atomic E-state index is 0.105. The van der Waals surface area contributed by atoms with E-state index in [2.05, 4.69) is 61.2 Å². The van der Waals surface area contributed by atoms with Crippen LogP contribution in [0, 0.1) is 11.3 Å². The SMILES string of the molecule is CC.CC1(CCC#N)CN(P)c2cc(Br)ccc21. The number of benzene rings is 1. The highest BCUT2D eigenvalue weighted by Crippen LogP contribution is 2.45. The third-order valence-corrected chi connectivity index (χ3v) is 4.18. The molecule has 0 fully saturated rings. The van der Waals surface area contributed by atoms with Crippen molar-refractivity contribution in [1.82, 2.24) is 0 Å². The van der Waals surface area contributed by atoms with Crippen LogP contribution in [0.3, 0.4) is 0 Å². The molecule has 0 saturated carbocycles. The molecule has 1 aromatic rings. The number of rotatable bonds is 2. The lowest BCUT2D eigenvalue weighted by Crippen LogP contribution is -2.26. The summed E-state index contributed by atoms with van der Waals surface area (Å²) >= 11 is 3.49. The van der Waals surface area contributed by atoms with E-state index in [9.17, 15) is 0 Å². The van der Waals surface area contributed by atoms with E-state index >= 15 is 0 Å². The van der Waals surface area contributed by atoms with Gasteiger partial charge in [0.05, 0.1) is 6.07 Å². The molecule has 0 amide bonds. The second-order valence-electron chi connectivity index (χ2n) is 4.51. The first kappa shape index (κ1) is 15.5. The third-order valence-electron chi connectivity index (χ3n) is 3.23. The minimum absolute atomic E-state index is 0.105. The lowest BCUT2D eigenvalue weighted by Gasteiger charge is -2.23. The van der Waals surface area contributed by atoms with Gasteiger partial charge in [-0.15, -0.1) is 0 Å². The van der Waals surface area contributed by atoms with Crippen molar-refractivity contribution in [1.29, 1.82) is 5.26 Å². The van der Waals surface area contributed by atoms with Crippen LogP contribution in [0.15, 0.2) is 22.7 Å². The fourth-order valence-corrected chi connectivity index (χ4v) is 3.31. The van der Waals surface area contributed by atoms with Gasteiger partial charge in [-0.2, -0.15) is 5.26 Å². The molecule has 98 valence electrons. The second-order valence-corrected chi connectivity index (χ2v) is 6.05. The van der Waals surface area contributed by atoms with Crippen molar-refractivity contribution in [2.75, 3.05) is 11.2 Å². The highest BCUT2D eigenvalue weighted by Gasteiger charge is 2.36. The molecule has 0 saturated heterocycles. The van der Waals surface area contributed by atoms with Crippen LogP contribution in [-0.4, -0.2) is 6.54 Å². The van der Waals surface area contributed by atoms with Crippen molar-refractivity contribution < 1.29 is 0 Å². The molecule has 1 aromatic carbocycles. The van der Waals surface area contributed by atoms with Gasteiger partial charge >= 0.3 is 0 Å². The predicted molar refractivity (Wildman–Crippen MR) is 84.7 cm³/mol. The second kappa shape index (κ2) is 6.55. The van der Waals surface area contributed by atoms with E-state index in [0.717, 1.165) is 17.4 Å². The fraction of sp³-hybridized carbons (Fsp3) is 0.500. The number of halogens is 1. The fourth-order valence-electron chi connectivity index (χ4n) is 2.34. The summed E-state index contributed by atoms with van der Waals surface area (Å²) < 4.78 is 3.29. The van der Waals surface area contributed by atoms with E-state index in [1.807, 2.05) is 13.8 Å². The van der Waals surface area contributed by atoms with Crippen LogP contribution in [0.25, 0.3) is 0 Å². The van der Waals surface area contributed by atoms with Gasteiger partial charge < -0.3 is 4.67 Å². The summed E-state index contributed by atoms with van der Waals surface area (Å²) in [5.74, 6) is 0. The van der Waals surface area contributed by atoms with Crippen molar-refractivity contribution in [3.63, 3.8) is 0 Å². The van der Waals surface area contributed by atoms with Crippen molar-refractivity contribution in [2.45, 2.75) is 39.0 Å². The molecule has 2 nitrogen and oxygen atoms in total. The summed E-state index contributed by atoms with van der Waals surface area (Å²) in [7, 11) is 2.76. The number of hydrogen-bond donors (Lipinski definition) is 0. The molecule has 2 unspecified atom stereocenters. The van der Waals surface area contributed by atoms with Gasteiger partial charge in [0.15, 0.2) is 0 Å². The van der Waals surface area contributed by atoms with Crippen LogP contribution in [0.2, 0.25) is 0 Å². The Morgan fingerprint density at radius 3 is 2.78 bits per heavy atom. The van der Waals surface area contributed by atoms with E-state index in [1.54, 1.807) is 0 Å². The maximum atomic E-state index is 8.72. The molecular formula is C14H20BrN2P. The summed E-state index contributed by atoms with van der Waals surface area (Å²) in [5, 5.41) is 8.72. The first-order valence-corrected chi connectivity index (χ1v) is 7.57. The smallest absolute Gasteiger partial charge is 0.0622 e. The number of anilines is 1. The molecular weight excluding hydrogens is 307 g/mol. The Bertz CT molecular complexity index is 456.